The highest BCUT2D eigenvalue weighted by Crippen LogP contribution is 2.26. The number of aliphatic imine (C=N–C) groups is 1. The minimum atomic E-state index is 0. The van der Waals surface area contributed by atoms with Gasteiger partial charge >= 0.3 is 0 Å². The molecule has 0 aliphatic heterocycles. The summed E-state index contributed by atoms with van der Waals surface area (Å²) >= 11 is 1.67. The van der Waals surface area contributed by atoms with Crippen molar-refractivity contribution in [3.8, 4) is 0 Å². The molecule has 1 heterocycles. The van der Waals surface area contributed by atoms with Crippen LogP contribution in [0.4, 0.5) is 5.13 Å². The Morgan fingerprint density at radius 3 is 2.83 bits per heavy atom. The fraction of sp³-hybridized carbons (Fsp3) is 0.750. The molecule has 2 N–H and O–H groups in total. The molecule has 0 saturated heterocycles. The van der Waals surface area contributed by atoms with E-state index >= 15 is 0 Å². The Bertz CT molecular complexity index is 489. The van der Waals surface area contributed by atoms with Crippen molar-refractivity contribution in [3.63, 3.8) is 0 Å². The summed E-state index contributed by atoms with van der Waals surface area (Å²) in [7, 11) is 5.87. The van der Waals surface area contributed by atoms with Gasteiger partial charge in [-0.05, 0) is 18.8 Å². The van der Waals surface area contributed by atoms with Crippen LogP contribution in [-0.4, -0.2) is 38.1 Å². The molecule has 1 aliphatic rings. The minimum Gasteiger partial charge on any atom is -0.354 e. The van der Waals surface area contributed by atoms with Gasteiger partial charge in [0.25, 0.3) is 0 Å². The van der Waals surface area contributed by atoms with Gasteiger partial charge in [-0.25, -0.2) is 4.98 Å². The smallest absolute Gasteiger partial charge is 0.191 e. The number of halogens is 1. The third kappa shape index (κ3) is 6.45. The fourth-order valence-electron chi connectivity index (χ4n) is 2.94. The first-order valence-corrected chi connectivity index (χ1v) is 9.09. The molecule has 0 aromatic carbocycles. The molecule has 1 aromatic rings. The molecule has 0 bridgehead atoms. The number of thiazole rings is 1. The predicted octanol–water partition coefficient (Wildman–Crippen LogP) is 3.46. The van der Waals surface area contributed by atoms with Gasteiger partial charge in [0.15, 0.2) is 11.1 Å². The Morgan fingerprint density at radius 2 is 2.22 bits per heavy atom. The molecule has 23 heavy (non-hydrogen) atoms. The summed E-state index contributed by atoms with van der Waals surface area (Å²) in [5.74, 6) is 1.76. The summed E-state index contributed by atoms with van der Waals surface area (Å²) in [5.41, 5.74) is 1.06. The topological polar surface area (TPSA) is 52.6 Å². The van der Waals surface area contributed by atoms with E-state index in [1.54, 1.807) is 11.3 Å². The summed E-state index contributed by atoms with van der Waals surface area (Å²) in [4.78, 5) is 11.0. The molecule has 7 heteroatoms. The van der Waals surface area contributed by atoms with Gasteiger partial charge in [0, 0.05) is 32.6 Å². The number of hydrogen-bond acceptors (Lipinski definition) is 4. The van der Waals surface area contributed by atoms with Gasteiger partial charge in [-0.1, -0.05) is 26.2 Å². The van der Waals surface area contributed by atoms with Gasteiger partial charge in [0.1, 0.15) is 0 Å². The van der Waals surface area contributed by atoms with Crippen LogP contribution in [0.5, 0.6) is 0 Å². The van der Waals surface area contributed by atoms with Crippen LogP contribution in [0.1, 0.15) is 44.7 Å². The molecule has 2 rings (SSSR count). The SMILES string of the molecule is CCC1CCCC(NC(=NC)NCc2csc(N(C)C)n2)C1.I. The third-order valence-corrected chi connectivity index (χ3v) is 5.34. The molecular formula is C16H30IN5S. The van der Waals surface area contributed by atoms with E-state index in [9.17, 15) is 0 Å². The maximum atomic E-state index is 4.59. The third-order valence-electron chi connectivity index (χ3n) is 4.28. The fourth-order valence-corrected chi connectivity index (χ4v) is 3.70. The van der Waals surface area contributed by atoms with Gasteiger partial charge in [0.05, 0.1) is 12.2 Å². The zero-order valence-electron chi connectivity index (χ0n) is 14.6. The summed E-state index contributed by atoms with van der Waals surface area (Å²) in [6.45, 7) is 3.01. The Labute approximate surface area is 161 Å². The molecule has 0 amide bonds. The molecule has 1 saturated carbocycles. The van der Waals surface area contributed by atoms with Crippen molar-refractivity contribution in [3.05, 3.63) is 11.1 Å². The highest BCUT2D eigenvalue weighted by molar-refractivity contribution is 14.0. The molecule has 2 atom stereocenters. The summed E-state index contributed by atoms with van der Waals surface area (Å²) in [6, 6.07) is 0.553. The highest BCUT2D eigenvalue weighted by Gasteiger charge is 2.21. The first kappa shape index (κ1) is 20.5. The lowest BCUT2D eigenvalue weighted by Gasteiger charge is -2.30. The monoisotopic (exact) mass is 451 g/mol. The highest BCUT2D eigenvalue weighted by atomic mass is 127. The standard InChI is InChI=1S/C16H29N5S.HI/c1-5-12-7-6-8-13(9-12)19-15(17-2)18-10-14-11-22-16(20-14)21(3)4;/h11-13H,5-10H2,1-4H3,(H2,17,18,19);1H. The molecule has 0 radical (unpaired) electrons. The Morgan fingerprint density at radius 1 is 1.43 bits per heavy atom. The van der Waals surface area contributed by atoms with Gasteiger partial charge in [0.2, 0.25) is 0 Å². The molecule has 1 aromatic heterocycles. The first-order valence-electron chi connectivity index (χ1n) is 8.21. The van der Waals surface area contributed by atoms with Crippen molar-refractivity contribution in [2.75, 3.05) is 26.0 Å². The van der Waals surface area contributed by atoms with Crippen molar-refractivity contribution < 1.29 is 0 Å². The van der Waals surface area contributed by atoms with Crippen LogP contribution in [0.2, 0.25) is 0 Å². The van der Waals surface area contributed by atoms with E-state index in [1.165, 1.54) is 32.1 Å². The molecule has 1 aliphatic carbocycles. The quantitative estimate of drug-likeness (QED) is 0.409. The van der Waals surface area contributed by atoms with Gasteiger partial charge in [-0.2, -0.15) is 0 Å². The van der Waals surface area contributed by atoms with Crippen molar-refractivity contribution in [2.45, 2.75) is 51.6 Å². The van der Waals surface area contributed by atoms with Crippen LogP contribution in [0.15, 0.2) is 10.4 Å². The number of nitrogens with one attached hydrogen (secondary N) is 2. The number of aromatic nitrogens is 1. The van der Waals surface area contributed by atoms with Gasteiger partial charge in [-0.15, -0.1) is 35.3 Å². The zero-order valence-corrected chi connectivity index (χ0v) is 17.8. The van der Waals surface area contributed by atoms with Crippen molar-refractivity contribution in [1.29, 1.82) is 0 Å². The van der Waals surface area contributed by atoms with E-state index in [0.717, 1.165) is 22.7 Å². The molecular weight excluding hydrogens is 421 g/mol. The Hall–Kier alpha value is -0.570. The lowest BCUT2D eigenvalue weighted by Crippen LogP contribution is -2.45. The second kappa shape index (κ2) is 10.3. The molecule has 0 spiro atoms. The first-order chi connectivity index (χ1) is 10.6. The molecule has 132 valence electrons. The number of hydrogen-bond donors (Lipinski definition) is 2. The summed E-state index contributed by atoms with van der Waals surface area (Å²) < 4.78 is 0. The van der Waals surface area contributed by atoms with E-state index < -0.39 is 0 Å². The van der Waals surface area contributed by atoms with Crippen molar-refractivity contribution in [1.82, 2.24) is 15.6 Å². The number of guanidine groups is 1. The van der Waals surface area contributed by atoms with Crippen LogP contribution in [0.25, 0.3) is 0 Å². The maximum absolute atomic E-state index is 4.59. The van der Waals surface area contributed by atoms with Gasteiger partial charge < -0.3 is 15.5 Å². The van der Waals surface area contributed by atoms with E-state index in [1.807, 2.05) is 26.0 Å². The summed E-state index contributed by atoms with van der Waals surface area (Å²) in [6.07, 6.45) is 6.51. The maximum Gasteiger partial charge on any atom is 0.191 e. The second-order valence-electron chi connectivity index (χ2n) is 6.22. The number of nitrogens with zero attached hydrogens (tertiary/aromatic N) is 3. The average Bonchev–Trinajstić information content (AvgIpc) is 3.01. The minimum absolute atomic E-state index is 0. The largest absolute Gasteiger partial charge is 0.354 e. The lowest BCUT2D eigenvalue weighted by atomic mass is 9.84. The summed E-state index contributed by atoms with van der Waals surface area (Å²) in [5, 5.41) is 10.1. The number of rotatable bonds is 5. The second-order valence-corrected chi connectivity index (χ2v) is 7.06. The van der Waals surface area contributed by atoms with Crippen molar-refractivity contribution >= 4 is 46.4 Å². The molecule has 5 nitrogen and oxygen atoms in total. The average molecular weight is 451 g/mol. The van der Waals surface area contributed by atoms with Crippen LogP contribution >= 0.6 is 35.3 Å². The zero-order chi connectivity index (χ0) is 15.9. The van der Waals surface area contributed by atoms with Gasteiger partial charge in [-0.3, -0.25) is 4.99 Å². The lowest BCUT2D eigenvalue weighted by molar-refractivity contribution is 0.298. The van der Waals surface area contributed by atoms with Crippen LogP contribution in [0.3, 0.4) is 0 Å². The normalized spacial score (nSPS) is 21.5. The van der Waals surface area contributed by atoms with E-state index in [2.05, 4.69) is 32.9 Å². The van der Waals surface area contributed by atoms with Crippen molar-refractivity contribution in [2.24, 2.45) is 10.9 Å². The van der Waals surface area contributed by atoms with Crippen LogP contribution in [0, 0.1) is 5.92 Å². The van der Waals surface area contributed by atoms with Crippen LogP contribution < -0.4 is 15.5 Å². The Kier molecular flexibility index (Phi) is 9.19. The number of anilines is 1. The predicted molar refractivity (Wildman–Crippen MR) is 111 cm³/mol. The molecule has 1 fully saturated rings. The Balaban J connectivity index is 0.00000264. The van der Waals surface area contributed by atoms with E-state index in [0.29, 0.717) is 12.6 Å². The molecule has 2 unspecified atom stereocenters. The van der Waals surface area contributed by atoms with Crippen LogP contribution in [-0.2, 0) is 6.54 Å². The van der Waals surface area contributed by atoms with E-state index in [4.69, 9.17) is 0 Å². The van der Waals surface area contributed by atoms with E-state index in [-0.39, 0.29) is 24.0 Å².